The number of amides is 1. The summed E-state index contributed by atoms with van der Waals surface area (Å²) in [5, 5.41) is 10.8. The largest absolute Gasteiger partial charge is 0.506 e. The van der Waals surface area contributed by atoms with Crippen LogP contribution in [0.4, 0.5) is 5.69 Å². The molecule has 1 N–H and O–H groups in total. The Morgan fingerprint density at radius 1 is 0.857 bits per heavy atom. The maximum atomic E-state index is 13.5. The standard InChI is InChI=1S/C25H21NO2/c1-18-12-14-21(15-13-18)26-23(19-8-4-2-5-9-19)17-16-22(25(26)28)24(27)20-10-6-3-7-11-20/h2-17,23,27H,1H3/b24-22-. The van der Waals surface area contributed by atoms with Crippen molar-refractivity contribution in [3.63, 3.8) is 0 Å². The van der Waals surface area contributed by atoms with Crippen LogP contribution >= 0.6 is 0 Å². The normalized spacial score (nSPS) is 18.2. The highest BCUT2D eigenvalue weighted by Crippen LogP contribution is 2.35. The van der Waals surface area contributed by atoms with Crippen LogP contribution in [0.5, 0.6) is 0 Å². The number of aliphatic hydroxyl groups excluding tert-OH is 1. The van der Waals surface area contributed by atoms with Crippen molar-refractivity contribution in [2.75, 3.05) is 4.90 Å². The van der Waals surface area contributed by atoms with Gasteiger partial charge in [-0.15, -0.1) is 0 Å². The van der Waals surface area contributed by atoms with Crippen molar-refractivity contribution in [3.05, 3.63) is 119 Å². The van der Waals surface area contributed by atoms with Crippen LogP contribution in [-0.4, -0.2) is 11.0 Å². The minimum Gasteiger partial charge on any atom is -0.506 e. The molecule has 0 spiro atoms. The Morgan fingerprint density at radius 2 is 1.46 bits per heavy atom. The monoisotopic (exact) mass is 367 g/mol. The van der Waals surface area contributed by atoms with Crippen LogP contribution in [0.3, 0.4) is 0 Å². The zero-order chi connectivity index (χ0) is 19.5. The predicted octanol–water partition coefficient (Wildman–Crippen LogP) is 5.61. The minimum atomic E-state index is -0.233. The zero-order valence-electron chi connectivity index (χ0n) is 15.6. The van der Waals surface area contributed by atoms with Gasteiger partial charge in [-0.25, -0.2) is 0 Å². The van der Waals surface area contributed by atoms with Gasteiger partial charge in [0.2, 0.25) is 0 Å². The number of rotatable bonds is 3. The quantitative estimate of drug-likeness (QED) is 0.483. The number of hydrogen-bond donors (Lipinski definition) is 1. The smallest absolute Gasteiger partial charge is 0.262 e. The summed E-state index contributed by atoms with van der Waals surface area (Å²) in [7, 11) is 0. The number of hydrogen-bond acceptors (Lipinski definition) is 2. The molecular weight excluding hydrogens is 346 g/mol. The summed E-state index contributed by atoms with van der Waals surface area (Å²) in [4.78, 5) is 15.2. The average molecular weight is 367 g/mol. The number of nitrogens with zero attached hydrogens (tertiary/aromatic N) is 1. The second kappa shape index (κ2) is 7.57. The molecule has 1 unspecified atom stereocenters. The lowest BCUT2D eigenvalue weighted by Crippen LogP contribution is -2.37. The number of aliphatic hydroxyl groups is 1. The van der Waals surface area contributed by atoms with Gasteiger partial charge in [-0.3, -0.25) is 9.69 Å². The lowest BCUT2D eigenvalue weighted by Gasteiger charge is -2.34. The first-order valence-electron chi connectivity index (χ1n) is 9.27. The molecule has 1 heterocycles. The van der Waals surface area contributed by atoms with Gasteiger partial charge in [-0.05, 0) is 30.7 Å². The molecule has 0 saturated carbocycles. The first-order valence-corrected chi connectivity index (χ1v) is 9.27. The SMILES string of the molecule is Cc1ccc(N2C(=O)/C(=C(\O)c3ccccc3)C=CC2c2ccccc2)cc1. The van der Waals surface area contributed by atoms with E-state index in [4.69, 9.17) is 0 Å². The van der Waals surface area contributed by atoms with Crippen LogP contribution in [0.1, 0.15) is 22.7 Å². The van der Waals surface area contributed by atoms with Crippen molar-refractivity contribution in [1.82, 2.24) is 0 Å². The summed E-state index contributed by atoms with van der Waals surface area (Å²) >= 11 is 0. The molecule has 0 fully saturated rings. The van der Waals surface area contributed by atoms with Crippen molar-refractivity contribution in [2.45, 2.75) is 13.0 Å². The molecule has 4 rings (SSSR count). The van der Waals surface area contributed by atoms with Crippen LogP contribution in [0.2, 0.25) is 0 Å². The fourth-order valence-electron chi connectivity index (χ4n) is 3.43. The number of carbonyl (C=O) groups is 1. The van der Waals surface area contributed by atoms with E-state index in [0.717, 1.165) is 16.8 Å². The van der Waals surface area contributed by atoms with E-state index in [1.54, 1.807) is 23.1 Å². The molecule has 3 heteroatoms. The Labute approximate surface area is 164 Å². The van der Waals surface area contributed by atoms with E-state index < -0.39 is 0 Å². The molecule has 3 nitrogen and oxygen atoms in total. The van der Waals surface area contributed by atoms with E-state index in [0.29, 0.717) is 11.1 Å². The first-order chi connectivity index (χ1) is 13.6. The van der Waals surface area contributed by atoms with E-state index in [1.165, 1.54) is 0 Å². The van der Waals surface area contributed by atoms with Crippen molar-refractivity contribution in [1.29, 1.82) is 0 Å². The van der Waals surface area contributed by atoms with Crippen LogP contribution in [-0.2, 0) is 4.79 Å². The van der Waals surface area contributed by atoms with Crippen LogP contribution in [0, 0.1) is 6.92 Å². The Kier molecular flexibility index (Phi) is 4.81. The van der Waals surface area contributed by atoms with Crippen molar-refractivity contribution in [3.8, 4) is 0 Å². The van der Waals surface area contributed by atoms with Gasteiger partial charge in [0.25, 0.3) is 5.91 Å². The van der Waals surface area contributed by atoms with Gasteiger partial charge in [0.05, 0.1) is 11.6 Å². The molecule has 28 heavy (non-hydrogen) atoms. The Balaban J connectivity index is 1.85. The van der Waals surface area contributed by atoms with E-state index in [1.807, 2.05) is 85.8 Å². The molecule has 1 amide bonds. The third kappa shape index (κ3) is 3.35. The summed E-state index contributed by atoms with van der Waals surface area (Å²) in [5.41, 5.74) is 3.86. The molecule has 3 aromatic carbocycles. The van der Waals surface area contributed by atoms with Gasteiger partial charge < -0.3 is 5.11 Å². The summed E-state index contributed by atoms with van der Waals surface area (Å²) < 4.78 is 0. The average Bonchev–Trinajstić information content (AvgIpc) is 2.75. The Hall–Kier alpha value is -3.59. The van der Waals surface area contributed by atoms with E-state index in [9.17, 15) is 9.90 Å². The molecule has 0 aliphatic carbocycles. The van der Waals surface area contributed by atoms with Crippen LogP contribution < -0.4 is 4.90 Å². The van der Waals surface area contributed by atoms with Gasteiger partial charge in [0.15, 0.2) is 0 Å². The molecule has 0 aromatic heterocycles. The van der Waals surface area contributed by atoms with Crippen LogP contribution in [0.15, 0.2) is 103 Å². The topological polar surface area (TPSA) is 40.5 Å². The van der Waals surface area contributed by atoms with Crippen LogP contribution in [0.25, 0.3) is 5.76 Å². The maximum absolute atomic E-state index is 13.5. The third-order valence-electron chi connectivity index (χ3n) is 4.93. The molecular formula is C25H21NO2. The predicted molar refractivity (Wildman–Crippen MR) is 113 cm³/mol. The first kappa shape index (κ1) is 17.8. The highest BCUT2D eigenvalue weighted by molar-refractivity contribution is 6.13. The van der Waals surface area contributed by atoms with Crippen molar-refractivity contribution in [2.24, 2.45) is 0 Å². The zero-order valence-corrected chi connectivity index (χ0v) is 15.6. The summed E-state index contributed by atoms with van der Waals surface area (Å²) in [6, 6.07) is 26.7. The molecule has 1 aliphatic rings. The highest BCUT2D eigenvalue weighted by Gasteiger charge is 2.32. The Morgan fingerprint density at radius 3 is 2.11 bits per heavy atom. The fraction of sp³-hybridized carbons (Fsp3) is 0.0800. The number of benzene rings is 3. The van der Waals surface area contributed by atoms with E-state index >= 15 is 0 Å². The van der Waals surface area contributed by atoms with Crippen molar-refractivity contribution < 1.29 is 9.90 Å². The number of anilines is 1. The summed E-state index contributed by atoms with van der Waals surface area (Å²) in [6.07, 6.45) is 3.69. The third-order valence-corrected chi connectivity index (χ3v) is 4.93. The van der Waals surface area contributed by atoms with Gasteiger partial charge in [-0.1, -0.05) is 84.4 Å². The number of carbonyl (C=O) groups excluding carboxylic acids is 1. The lowest BCUT2D eigenvalue weighted by atomic mass is 9.95. The second-order valence-corrected chi connectivity index (χ2v) is 6.85. The maximum Gasteiger partial charge on any atom is 0.262 e. The minimum absolute atomic E-state index is 0.00882. The second-order valence-electron chi connectivity index (χ2n) is 6.85. The Bertz CT molecular complexity index is 1030. The van der Waals surface area contributed by atoms with Crippen molar-refractivity contribution >= 4 is 17.4 Å². The number of aryl methyl sites for hydroxylation is 1. The summed E-state index contributed by atoms with van der Waals surface area (Å²) in [5.74, 6) is -0.230. The molecule has 0 radical (unpaired) electrons. The molecule has 3 aromatic rings. The van der Waals surface area contributed by atoms with Gasteiger partial charge in [-0.2, -0.15) is 0 Å². The molecule has 138 valence electrons. The lowest BCUT2D eigenvalue weighted by molar-refractivity contribution is -0.115. The van der Waals surface area contributed by atoms with E-state index in [-0.39, 0.29) is 17.7 Å². The molecule has 0 saturated heterocycles. The highest BCUT2D eigenvalue weighted by atomic mass is 16.3. The van der Waals surface area contributed by atoms with E-state index in [2.05, 4.69) is 0 Å². The van der Waals surface area contributed by atoms with Gasteiger partial charge >= 0.3 is 0 Å². The summed E-state index contributed by atoms with van der Waals surface area (Å²) in [6.45, 7) is 2.02. The molecule has 0 bridgehead atoms. The van der Waals surface area contributed by atoms with Gasteiger partial charge in [0.1, 0.15) is 5.76 Å². The molecule has 1 aliphatic heterocycles. The fourth-order valence-corrected chi connectivity index (χ4v) is 3.43. The molecule has 1 atom stereocenters. The van der Waals surface area contributed by atoms with Gasteiger partial charge in [0, 0.05) is 11.3 Å².